The van der Waals surface area contributed by atoms with E-state index in [9.17, 15) is 4.79 Å². The van der Waals surface area contributed by atoms with Crippen LogP contribution in [0.2, 0.25) is 0 Å². The molecule has 0 amide bonds. The van der Waals surface area contributed by atoms with Crippen molar-refractivity contribution in [2.75, 3.05) is 19.7 Å². The highest BCUT2D eigenvalue weighted by Crippen LogP contribution is 2.26. The fourth-order valence-electron chi connectivity index (χ4n) is 2.26. The summed E-state index contributed by atoms with van der Waals surface area (Å²) in [6.45, 7) is 4.09. The van der Waals surface area contributed by atoms with Crippen LogP contribution < -0.4 is 5.32 Å². The van der Waals surface area contributed by atoms with Crippen LogP contribution in [-0.2, 0) is 11.8 Å². The van der Waals surface area contributed by atoms with Crippen LogP contribution in [0.15, 0.2) is 0 Å². The minimum Gasteiger partial charge on any atom is -0.461 e. The smallest absolute Gasteiger partial charge is 0.360 e. The largest absolute Gasteiger partial charge is 0.461 e. The van der Waals surface area contributed by atoms with Gasteiger partial charge < -0.3 is 10.1 Å². The molecule has 1 saturated heterocycles. The molecule has 1 N–H and O–H groups in total. The first-order valence-electron chi connectivity index (χ1n) is 6.01. The number of aryl methyl sites for hydroxylation is 1. The Morgan fingerprint density at radius 2 is 2.24 bits per heavy atom. The number of ether oxygens (including phenoxy) is 1. The zero-order valence-electron chi connectivity index (χ0n) is 10.3. The fourth-order valence-corrected chi connectivity index (χ4v) is 2.26. The van der Waals surface area contributed by atoms with Crippen LogP contribution in [0.25, 0.3) is 0 Å². The average Bonchev–Trinajstić information content (AvgIpc) is 2.73. The van der Waals surface area contributed by atoms with Crippen molar-refractivity contribution in [3.63, 3.8) is 0 Å². The van der Waals surface area contributed by atoms with Crippen LogP contribution in [0.4, 0.5) is 0 Å². The number of rotatable bonds is 3. The molecule has 2 rings (SSSR count). The number of hydrogen-bond donors (Lipinski definition) is 1. The van der Waals surface area contributed by atoms with Gasteiger partial charge in [-0.25, -0.2) is 4.79 Å². The molecule has 1 aliphatic rings. The maximum absolute atomic E-state index is 11.8. The Morgan fingerprint density at radius 3 is 2.88 bits per heavy atom. The zero-order chi connectivity index (χ0) is 12.3. The summed E-state index contributed by atoms with van der Waals surface area (Å²) in [6, 6.07) is 0. The number of nitrogens with zero attached hydrogens (tertiary/aromatic N) is 3. The number of nitrogens with one attached hydrogen (secondary N) is 1. The van der Waals surface area contributed by atoms with Gasteiger partial charge in [-0.3, -0.25) is 4.68 Å². The molecule has 17 heavy (non-hydrogen) atoms. The van der Waals surface area contributed by atoms with Gasteiger partial charge in [-0.1, -0.05) is 5.21 Å². The lowest BCUT2D eigenvalue weighted by Gasteiger charge is -2.22. The summed E-state index contributed by atoms with van der Waals surface area (Å²) in [6.07, 6.45) is 2.02. The molecule has 6 heteroatoms. The van der Waals surface area contributed by atoms with Crippen LogP contribution in [0.1, 0.15) is 41.9 Å². The van der Waals surface area contributed by atoms with Crippen molar-refractivity contribution in [3.8, 4) is 0 Å². The molecule has 2 heterocycles. The first-order chi connectivity index (χ1) is 8.24. The molecule has 1 fully saturated rings. The standard InChI is InChI=1S/C11H18N4O2/c1-3-17-11(16)9-10(15(2)14-13-9)8-4-6-12-7-5-8/h8,12H,3-7H2,1-2H3. The van der Waals surface area contributed by atoms with E-state index in [0.29, 0.717) is 18.2 Å². The molecule has 0 bridgehead atoms. The summed E-state index contributed by atoms with van der Waals surface area (Å²) in [5.41, 5.74) is 1.28. The van der Waals surface area contributed by atoms with Crippen molar-refractivity contribution in [1.29, 1.82) is 0 Å². The molecule has 0 radical (unpaired) electrons. The predicted octanol–water partition coefficient (Wildman–Crippen LogP) is 0.459. The van der Waals surface area contributed by atoms with Crippen molar-refractivity contribution in [3.05, 3.63) is 11.4 Å². The maximum atomic E-state index is 11.8. The van der Waals surface area contributed by atoms with E-state index < -0.39 is 0 Å². The summed E-state index contributed by atoms with van der Waals surface area (Å²) < 4.78 is 6.70. The van der Waals surface area contributed by atoms with Crippen LogP contribution in [0, 0.1) is 0 Å². The molecule has 0 saturated carbocycles. The molecule has 0 aliphatic carbocycles. The van der Waals surface area contributed by atoms with E-state index in [4.69, 9.17) is 4.74 Å². The molecule has 0 unspecified atom stereocenters. The summed E-state index contributed by atoms with van der Waals surface area (Å²) in [4.78, 5) is 11.8. The van der Waals surface area contributed by atoms with Crippen molar-refractivity contribution >= 4 is 5.97 Å². The normalized spacial score (nSPS) is 17.1. The topological polar surface area (TPSA) is 69.0 Å². The molecular weight excluding hydrogens is 220 g/mol. The summed E-state index contributed by atoms with van der Waals surface area (Å²) in [7, 11) is 1.83. The van der Waals surface area contributed by atoms with Gasteiger partial charge in [0.05, 0.1) is 12.3 Å². The van der Waals surface area contributed by atoms with Crippen molar-refractivity contribution in [2.45, 2.75) is 25.7 Å². The highest BCUT2D eigenvalue weighted by Gasteiger charge is 2.27. The molecule has 1 aromatic heterocycles. The lowest BCUT2D eigenvalue weighted by molar-refractivity contribution is 0.0517. The number of carbonyl (C=O) groups is 1. The second-order valence-electron chi connectivity index (χ2n) is 4.19. The molecule has 6 nitrogen and oxygen atoms in total. The van der Waals surface area contributed by atoms with E-state index in [2.05, 4.69) is 15.6 Å². The lowest BCUT2D eigenvalue weighted by Crippen LogP contribution is -2.28. The molecule has 94 valence electrons. The number of esters is 1. The van der Waals surface area contributed by atoms with E-state index in [0.717, 1.165) is 31.6 Å². The van der Waals surface area contributed by atoms with Gasteiger partial charge in [-0.2, -0.15) is 0 Å². The van der Waals surface area contributed by atoms with E-state index in [1.165, 1.54) is 0 Å². The highest BCUT2D eigenvalue weighted by atomic mass is 16.5. The third-order valence-corrected chi connectivity index (χ3v) is 3.06. The lowest BCUT2D eigenvalue weighted by atomic mass is 9.93. The molecule has 1 aromatic rings. The Hall–Kier alpha value is -1.43. The van der Waals surface area contributed by atoms with Crippen LogP contribution in [0.3, 0.4) is 0 Å². The maximum Gasteiger partial charge on any atom is 0.360 e. The van der Waals surface area contributed by atoms with Crippen molar-refractivity contribution < 1.29 is 9.53 Å². The molecule has 0 aromatic carbocycles. The Balaban J connectivity index is 2.25. The second kappa shape index (κ2) is 5.27. The van der Waals surface area contributed by atoms with E-state index in [-0.39, 0.29) is 5.97 Å². The predicted molar refractivity (Wildman–Crippen MR) is 61.8 cm³/mol. The monoisotopic (exact) mass is 238 g/mol. The molecule has 0 spiro atoms. The Labute approximate surface area is 100 Å². The van der Waals surface area contributed by atoms with Gasteiger partial charge in [0.2, 0.25) is 0 Å². The van der Waals surface area contributed by atoms with Gasteiger partial charge >= 0.3 is 5.97 Å². The summed E-state index contributed by atoms with van der Waals surface area (Å²) in [5.74, 6) is -0.0233. The number of hydrogen-bond acceptors (Lipinski definition) is 5. The summed E-state index contributed by atoms with van der Waals surface area (Å²) >= 11 is 0. The van der Waals surface area contributed by atoms with E-state index in [1.807, 2.05) is 7.05 Å². The van der Waals surface area contributed by atoms with E-state index >= 15 is 0 Å². The van der Waals surface area contributed by atoms with Crippen LogP contribution >= 0.6 is 0 Å². The van der Waals surface area contributed by atoms with Crippen LogP contribution in [-0.4, -0.2) is 40.7 Å². The molecular formula is C11H18N4O2. The van der Waals surface area contributed by atoms with Gasteiger partial charge in [-0.05, 0) is 32.9 Å². The number of aromatic nitrogens is 3. The minimum atomic E-state index is -0.367. The Kier molecular flexibility index (Phi) is 3.73. The van der Waals surface area contributed by atoms with Gasteiger partial charge in [0.15, 0.2) is 5.69 Å². The number of carbonyl (C=O) groups excluding carboxylic acids is 1. The average molecular weight is 238 g/mol. The van der Waals surface area contributed by atoms with Gasteiger partial charge in [-0.15, -0.1) is 5.10 Å². The second-order valence-corrected chi connectivity index (χ2v) is 4.19. The third kappa shape index (κ3) is 2.46. The van der Waals surface area contributed by atoms with Gasteiger partial charge in [0.25, 0.3) is 0 Å². The Morgan fingerprint density at radius 1 is 1.53 bits per heavy atom. The minimum absolute atomic E-state index is 0.343. The van der Waals surface area contributed by atoms with E-state index in [1.54, 1.807) is 11.6 Å². The first kappa shape index (κ1) is 12.0. The van der Waals surface area contributed by atoms with Crippen molar-refractivity contribution in [2.24, 2.45) is 7.05 Å². The summed E-state index contributed by atoms with van der Waals surface area (Å²) in [5, 5.41) is 11.2. The SMILES string of the molecule is CCOC(=O)c1nnn(C)c1C1CCNCC1. The van der Waals surface area contributed by atoms with Gasteiger partial charge in [0, 0.05) is 13.0 Å². The molecule has 0 atom stereocenters. The highest BCUT2D eigenvalue weighted by molar-refractivity contribution is 5.88. The first-order valence-corrected chi connectivity index (χ1v) is 6.01. The number of piperidine rings is 1. The quantitative estimate of drug-likeness (QED) is 0.775. The van der Waals surface area contributed by atoms with Gasteiger partial charge in [0.1, 0.15) is 0 Å². The van der Waals surface area contributed by atoms with Crippen LogP contribution in [0.5, 0.6) is 0 Å². The fraction of sp³-hybridized carbons (Fsp3) is 0.727. The molecule has 1 aliphatic heterocycles. The third-order valence-electron chi connectivity index (χ3n) is 3.06. The van der Waals surface area contributed by atoms with Crippen molar-refractivity contribution in [1.82, 2.24) is 20.3 Å². The zero-order valence-corrected chi connectivity index (χ0v) is 10.3. The Bertz CT molecular complexity index is 396.